The average Bonchev–Trinajstić information content (AvgIpc) is 2.72. The Morgan fingerprint density at radius 3 is 2.30 bits per heavy atom. The Kier molecular flexibility index (Phi) is 7.81. The maximum atomic E-state index is 14.0. The first-order valence-electron chi connectivity index (χ1n) is 10.2. The lowest BCUT2D eigenvalue weighted by molar-refractivity contribution is -0.264. The summed E-state index contributed by atoms with van der Waals surface area (Å²) >= 11 is 0. The summed E-state index contributed by atoms with van der Waals surface area (Å²) in [7, 11) is 1.52. The highest BCUT2D eigenvalue weighted by molar-refractivity contribution is 5.96. The molecule has 0 aliphatic carbocycles. The first-order valence-corrected chi connectivity index (χ1v) is 10.2. The van der Waals surface area contributed by atoms with Crippen LogP contribution in [0.2, 0.25) is 0 Å². The van der Waals surface area contributed by atoms with E-state index >= 15 is 0 Å². The zero-order chi connectivity index (χ0) is 25.0. The van der Waals surface area contributed by atoms with Gasteiger partial charge in [0.05, 0.1) is 13.2 Å². The van der Waals surface area contributed by atoms with Crippen LogP contribution in [-0.4, -0.2) is 29.9 Å². The smallest absolute Gasteiger partial charge is 0.418 e. The summed E-state index contributed by atoms with van der Waals surface area (Å²) in [6.07, 6.45) is -1.68. The van der Waals surface area contributed by atoms with Crippen LogP contribution in [0.5, 0.6) is 5.75 Å². The molecule has 0 heterocycles. The highest BCUT2D eigenvalue weighted by atomic mass is 19.4. The number of amides is 1. The molecule has 0 aliphatic rings. The molecular formula is C25H27F4NO3. The molecule has 0 saturated carbocycles. The molecular weight excluding hydrogens is 438 g/mol. The first-order chi connectivity index (χ1) is 15.2. The van der Waals surface area contributed by atoms with Gasteiger partial charge in [-0.05, 0) is 54.2 Å². The van der Waals surface area contributed by atoms with Crippen LogP contribution >= 0.6 is 0 Å². The number of alkyl halides is 3. The van der Waals surface area contributed by atoms with Crippen molar-refractivity contribution in [2.75, 3.05) is 7.11 Å². The van der Waals surface area contributed by atoms with Crippen LogP contribution in [-0.2, 0) is 5.41 Å². The summed E-state index contributed by atoms with van der Waals surface area (Å²) in [5, 5.41) is 13.1. The second kappa shape index (κ2) is 9.84. The Hall–Kier alpha value is -3.05. The maximum absolute atomic E-state index is 14.0. The Balaban J connectivity index is 2.38. The van der Waals surface area contributed by atoms with Crippen molar-refractivity contribution in [3.8, 4) is 18.1 Å². The van der Waals surface area contributed by atoms with Crippen molar-refractivity contribution in [1.29, 1.82) is 0 Å². The lowest BCUT2D eigenvalue weighted by Gasteiger charge is -2.37. The predicted molar refractivity (Wildman–Crippen MR) is 117 cm³/mol. The van der Waals surface area contributed by atoms with Gasteiger partial charge in [0.1, 0.15) is 11.6 Å². The summed E-state index contributed by atoms with van der Waals surface area (Å²) in [6.45, 7) is 4.60. The zero-order valence-electron chi connectivity index (χ0n) is 18.9. The minimum Gasteiger partial charge on any atom is -0.497 e. The van der Waals surface area contributed by atoms with Crippen LogP contribution in [0.15, 0.2) is 42.5 Å². The molecule has 0 saturated heterocycles. The molecule has 8 heteroatoms. The number of halogens is 4. The van der Waals surface area contributed by atoms with Gasteiger partial charge >= 0.3 is 6.18 Å². The number of rotatable bonds is 8. The molecule has 0 bridgehead atoms. The Morgan fingerprint density at radius 2 is 1.79 bits per heavy atom. The van der Waals surface area contributed by atoms with Crippen LogP contribution in [0.4, 0.5) is 17.6 Å². The van der Waals surface area contributed by atoms with Crippen molar-refractivity contribution in [3.05, 3.63) is 65.0 Å². The molecule has 2 N–H and O–H groups in total. The van der Waals surface area contributed by atoms with E-state index in [-0.39, 0.29) is 11.1 Å². The van der Waals surface area contributed by atoms with Crippen molar-refractivity contribution in [3.63, 3.8) is 0 Å². The molecule has 0 fully saturated rings. The van der Waals surface area contributed by atoms with E-state index in [1.54, 1.807) is 31.2 Å². The van der Waals surface area contributed by atoms with Gasteiger partial charge in [-0.25, -0.2) is 4.39 Å². The van der Waals surface area contributed by atoms with Crippen LogP contribution in [0.25, 0.3) is 0 Å². The number of terminal acetylenes is 1. The molecule has 2 atom stereocenters. The average molecular weight is 465 g/mol. The third-order valence-corrected chi connectivity index (χ3v) is 5.58. The van der Waals surface area contributed by atoms with Gasteiger partial charge in [-0.15, -0.1) is 12.3 Å². The third kappa shape index (κ3) is 6.05. The van der Waals surface area contributed by atoms with Crippen molar-refractivity contribution in [2.24, 2.45) is 0 Å². The lowest BCUT2D eigenvalue weighted by Crippen LogP contribution is -2.49. The molecule has 178 valence electrons. The molecule has 2 aromatic carbocycles. The largest absolute Gasteiger partial charge is 0.497 e. The van der Waals surface area contributed by atoms with E-state index in [0.717, 1.165) is 17.7 Å². The quantitative estimate of drug-likeness (QED) is 0.410. The summed E-state index contributed by atoms with van der Waals surface area (Å²) in [5.74, 6) is 1.13. The van der Waals surface area contributed by atoms with E-state index < -0.39 is 47.8 Å². The number of carbonyl (C=O) groups excluding carboxylic acids is 1. The Morgan fingerprint density at radius 1 is 1.18 bits per heavy atom. The number of benzene rings is 2. The highest BCUT2D eigenvalue weighted by Gasteiger charge is 2.55. The fraction of sp³-hybridized carbons (Fsp3) is 0.400. The molecule has 0 aliphatic heterocycles. The molecule has 0 aromatic heterocycles. The SMILES string of the molecule is C#CC[C@](O)(CC(C)(C)c1ccc(F)cc1C(=O)N[C@@H](C)c1ccc(OC)cc1)C(F)(F)F. The molecule has 2 aromatic rings. The normalized spacial score (nSPS) is 14.7. The molecule has 4 nitrogen and oxygen atoms in total. The van der Waals surface area contributed by atoms with Gasteiger partial charge in [0.25, 0.3) is 5.91 Å². The van der Waals surface area contributed by atoms with E-state index in [1.165, 1.54) is 27.0 Å². The minimum absolute atomic E-state index is 0.120. The maximum Gasteiger partial charge on any atom is 0.418 e. The van der Waals surface area contributed by atoms with Crippen LogP contribution in [0, 0.1) is 18.2 Å². The van der Waals surface area contributed by atoms with Gasteiger partial charge in [0.15, 0.2) is 5.60 Å². The van der Waals surface area contributed by atoms with E-state index in [4.69, 9.17) is 11.2 Å². The van der Waals surface area contributed by atoms with Gasteiger partial charge in [0.2, 0.25) is 0 Å². The van der Waals surface area contributed by atoms with Crippen molar-refractivity contribution in [1.82, 2.24) is 5.32 Å². The van der Waals surface area contributed by atoms with Crippen molar-refractivity contribution < 1.29 is 32.2 Å². The van der Waals surface area contributed by atoms with E-state index in [1.807, 2.05) is 5.92 Å². The summed E-state index contributed by atoms with van der Waals surface area (Å²) in [6, 6.07) is 9.77. The van der Waals surface area contributed by atoms with E-state index in [9.17, 15) is 27.5 Å². The fourth-order valence-electron chi connectivity index (χ4n) is 3.80. The predicted octanol–water partition coefficient (Wildman–Crippen LogP) is 5.31. The minimum atomic E-state index is -4.98. The number of ether oxygens (including phenoxy) is 1. The second-order valence-electron chi connectivity index (χ2n) is 8.63. The van der Waals surface area contributed by atoms with Crippen LogP contribution in [0.1, 0.15) is 61.1 Å². The number of methoxy groups -OCH3 is 1. The van der Waals surface area contributed by atoms with Crippen molar-refractivity contribution in [2.45, 2.75) is 56.8 Å². The van der Waals surface area contributed by atoms with Gasteiger partial charge < -0.3 is 15.2 Å². The Bertz CT molecular complexity index is 1030. The summed E-state index contributed by atoms with van der Waals surface area (Å²) in [5.41, 5.74) is -3.75. The van der Waals surface area contributed by atoms with Crippen LogP contribution in [0.3, 0.4) is 0 Å². The molecule has 2 rings (SSSR count). The molecule has 0 unspecified atom stereocenters. The summed E-state index contributed by atoms with van der Waals surface area (Å²) in [4.78, 5) is 13.0. The second-order valence-corrected chi connectivity index (χ2v) is 8.63. The van der Waals surface area contributed by atoms with E-state index in [0.29, 0.717) is 5.75 Å². The molecule has 33 heavy (non-hydrogen) atoms. The third-order valence-electron chi connectivity index (χ3n) is 5.58. The highest BCUT2D eigenvalue weighted by Crippen LogP contribution is 2.43. The van der Waals surface area contributed by atoms with Gasteiger partial charge in [-0.1, -0.05) is 32.0 Å². The molecule has 1 amide bonds. The van der Waals surface area contributed by atoms with Gasteiger partial charge in [-0.2, -0.15) is 13.2 Å². The van der Waals surface area contributed by atoms with E-state index in [2.05, 4.69) is 5.32 Å². The molecule has 0 radical (unpaired) electrons. The molecule has 0 spiro atoms. The fourth-order valence-corrected chi connectivity index (χ4v) is 3.80. The lowest BCUT2D eigenvalue weighted by atomic mass is 9.72. The summed E-state index contributed by atoms with van der Waals surface area (Å²) < 4.78 is 59.9. The monoisotopic (exact) mass is 465 g/mol. The van der Waals surface area contributed by atoms with Gasteiger partial charge in [-0.3, -0.25) is 4.79 Å². The first kappa shape index (κ1) is 26.2. The zero-order valence-corrected chi connectivity index (χ0v) is 18.9. The number of carbonyl (C=O) groups is 1. The standard InChI is InChI=1S/C25H27F4NO3/c1-6-13-24(32,25(27,28)29)15-23(3,4)21-12-9-18(26)14-20(21)22(31)30-16(2)17-7-10-19(33-5)11-8-17/h1,7-12,14,16,32H,13,15H2,2-5H3,(H,30,31)/t16-,24-/m0/s1. The van der Waals surface area contributed by atoms with Crippen LogP contribution < -0.4 is 10.1 Å². The van der Waals surface area contributed by atoms with Gasteiger partial charge in [0, 0.05) is 12.0 Å². The number of hydrogen-bond acceptors (Lipinski definition) is 3. The topological polar surface area (TPSA) is 58.6 Å². The number of aliphatic hydroxyl groups is 1. The van der Waals surface area contributed by atoms with Crippen molar-refractivity contribution >= 4 is 5.91 Å². The number of nitrogens with one attached hydrogen (secondary N) is 1. The number of hydrogen-bond donors (Lipinski definition) is 2. The Labute approximate surface area is 191 Å².